The number of ether oxygens (including phenoxy) is 1. The Labute approximate surface area is 120 Å². The number of hydrogen-bond acceptors (Lipinski definition) is 3. The summed E-state index contributed by atoms with van der Waals surface area (Å²) in [7, 11) is 1.69. The molecule has 0 aliphatic carbocycles. The summed E-state index contributed by atoms with van der Waals surface area (Å²) < 4.78 is 5.57. The summed E-state index contributed by atoms with van der Waals surface area (Å²) in [5.74, 6) is 0.565. The van der Waals surface area contributed by atoms with Crippen LogP contribution in [0.3, 0.4) is 0 Å². The highest BCUT2D eigenvalue weighted by molar-refractivity contribution is 5.94. The number of allylic oxidation sites excluding steroid dienone is 1. The van der Waals surface area contributed by atoms with E-state index in [0.29, 0.717) is 30.9 Å². The van der Waals surface area contributed by atoms with Crippen LogP contribution in [0.25, 0.3) is 0 Å². The number of hydrogen-bond donors (Lipinski definition) is 0. The van der Waals surface area contributed by atoms with E-state index in [0.717, 1.165) is 0 Å². The van der Waals surface area contributed by atoms with Gasteiger partial charge in [-0.15, -0.1) is 0 Å². The van der Waals surface area contributed by atoms with Crippen molar-refractivity contribution in [1.82, 2.24) is 4.90 Å². The fraction of sp³-hybridized carbons (Fsp3) is 0.375. The Kier molecular flexibility index (Phi) is 6.31. The third kappa shape index (κ3) is 5.15. The maximum Gasteiger partial charge on any atom is 0.253 e. The zero-order valence-electron chi connectivity index (χ0n) is 12.2. The monoisotopic (exact) mass is 272 g/mol. The van der Waals surface area contributed by atoms with Crippen molar-refractivity contribution in [1.29, 1.82) is 5.26 Å². The molecule has 0 heterocycles. The smallest absolute Gasteiger partial charge is 0.253 e. The molecule has 4 nitrogen and oxygen atoms in total. The van der Waals surface area contributed by atoms with Gasteiger partial charge in [0, 0.05) is 19.2 Å². The highest BCUT2D eigenvalue weighted by atomic mass is 16.5. The van der Waals surface area contributed by atoms with Crippen molar-refractivity contribution < 1.29 is 9.53 Å². The molecule has 1 aromatic carbocycles. The van der Waals surface area contributed by atoms with E-state index in [1.165, 1.54) is 5.57 Å². The highest BCUT2D eigenvalue weighted by Crippen LogP contribution is 2.15. The summed E-state index contributed by atoms with van der Waals surface area (Å²) >= 11 is 0. The third-order valence-electron chi connectivity index (χ3n) is 2.73. The van der Waals surface area contributed by atoms with E-state index < -0.39 is 0 Å². The number of benzene rings is 1. The minimum absolute atomic E-state index is 0.104. The molecule has 0 radical (unpaired) electrons. The van der Waals surface area contributed by atoms with E-state index in [1.54, 1.807) is 30.1 Å². The summed E-state index contributed by atoms with van der Waals surface area (Å²) in [5.41, 5.74) is 1.76. The predicted octanol–water partition coefficient (Wildman–Crippen LogP) is 3.02. The molecule has 0 unspecified atom stereocenters. The minimum Gasteiger partial charge on any atom is -0.490 e. The number of carbonyl (C=O) groups excluding carboxylic acids is 1. The SMILES string of the molecule is CC(C)=CCOc1cccc(C(=O)N(C)CCC#N)c1. The van der Waals surface area contributed by atoms with Crippen LogP contribution in [0.5, 0.6) is 5.75 Å². The molecule has 1 amide bonds. The maximum atomic E-state index is 12.1. The zero-order chi connectivity index (χ0) is 15.0. The molecule has 0 bridgehead atoms. The lowest BCUT2D eigenvalue weighted by Crippen LogP contribution is -2.27. The van der Waals surface area contributed by atoms with Crippen molar-refractivity contribution in [3.63, 3.8) is 0 Å². The molecule has 0 aliphatic heterocycles. The van der Waals surface area contributed by atoms with Crippen LogP contribution in [0.1, 0.15) is 30.6 Å². The Morgan fingerprint density at radius 1 is 1.45 bits per heavy atom. The van der Waals surface area contributed by atoms with E-state index in [-0.39, 0.29) is 5.91 Å². The summed E-state index contributed by atoms with van der Waals surface area (Å²) in [6.07, 6.45) is 2.31. The fourth-order valence-electron chi connectivity index (χ4n) is 1.56. The molecule has 0 fully saturated rings. The molecule has 0 saturated carbocycles. The van der Waals surface area contributed by atoms with Gasteiger partial charge in [-0.2, -0.15) is 5.26 Å². The van der Waals surface area contributed by atoms with Gasteiger partial charge in [-0.25, -0.2) is 0 Å². The number of nitriles is 1. The van der Waals surface area contributed by atoms with Crippen molar-refractivity contribution >= 4 is 5.91 Å². The molecule has 4 heteroatoms. The maximum absolute atomic E-state index is 12.1. The number of carbonyl (C=O) groups is 1. The van der Waals surface area contributed by atoms with Gasteiger partial charge < -0.3 is 9.64 Å². The number of nitrogens with zero attached hydrogens (tertiary/aromatic N) is 2. The van der Waals surface area contributed by atoms with Gasteiger partial charge in [-0.1, -0.05) is 11.6 Å². The second kappa shape index (κ2) is 8.00. The molecule has 106 valence electrons. The van der Waals surface area contributed by atoms with Crippen LogP contribution in [0.15, 0.2) is 35.9 Å². The van der Waals surface area contributed by atoms with Crippen molar-refractivity contribution in [3.8, 4) is 11.8 Å². The molecule has 1 rings (SSSR count). The zero-order valence-corrected chi connectivity index (χ0v) is 12.2. The molecule has 0 saturated heterocycles. The predicted molar refractivity (Wildman–Crippen MR) is 78.6 cm³/mol. The standard InChI is InChI=1S/C16H20N2O2/c1-13(2)8-11-20-15-7-4-6-14(12-15)16(19)18(3)10-5-9-17/h4,6-8,12H,5,10-11H2,1-3H3. The van der Waals surface area contributed by atoms with E-state index >= 15 is 0 Å². The molecule has 20 heavy (non-hydrogen) atoms. The summed E-state index contributed by atoms with van der Waals surface area (Å²) in [4.78, 5) is 13.7. The van der Waals surface area contributed by atoms with Gasteiger partial charge in [0.2, 0.25) is 0 Å². The van der Waals surface area contributed by atoms with Gasteiger partial charge >= 0.3 is 0 Å². The minimum atomic E-state index is -0.104. The van der Waals surface area contributed by atoms with Gasteiger partial charge in [0.1, 0.15) is 12.4 Å². The molecule has 0 atom stereocenters. The topological polar surface area (TPSA) is 53.3 Å². The average Bonchev–Trinajstić information content (AvgIpc) is 2.44. The van der Waals surface area contributed by atoms with Crippen LogP contribution in [0.2, 0.25) is 0 Å². The quantitative estimate of drug-likeness (QED) is 0.748. The van der Waals surface area contributed by atoms with Crippen LogP contribution in [0, 0.1) is 11.3 Å². The first-order chi connectivity index (χ1) is 9.54. The molecule has 1 aromatic rings. The number of rotatable bonds is 6. The fourth-order valence-corrected chi connectivity index (χ4v) is 1.56. The van der Waals surface area contributed by atoms with Gasteiger partial charge in [0.05, 0.1) is 12.5 Å². The van der Waals surface area contributed by atoms with Gasteiger partial charge in [-0.3, -0.25) is 4.79 Å². The van der Waals surface area contributed by atoms with Crippen LogP contribution in [-0.2, 0) is 0 Å². The van der Waals surface area contributed by atoms with Gasteiger partial charge in [0.25, 0.3) is 5.91 Å². The lowest BCUT2D eigenvalue weighted by atomic mass is 10.2. The van der Waals surface area contributed by atoms with Gasteiger partial charge in [-0.05, 0) is 38.1 Å². The lowest BCUT2D eigenvalue weighted by molar-refractivity contribution is 0.0797. The highest BCUT2D eigenvalue weighted by Gasteiger charge is 2.11. The Bertz CT molecular complexity index is 526. The van der Waals surface area contributed by atoms with Crippen LogP contribution >= 0.6 is 0 Å². The van der Waals surface area contributed by atoms with E-state index in [2.05, 4.69) is 0 Å². The second-order valence-electron chi connectivity index (χ2n) is 4.76. The van der Waals surface area contributed by atoms with E-state index in [4.69, 9.17) is 10.00 Å². The largest absolute Gasteiger partial charge is 0.490 e. The molecule has 0 aliphatic rings. The molecular weight excluding hydrogens is 252 g/mol. The van der Waals surface area contributed by atoms with Crippen molar-refractivity contribution in [2.45, 2.75) is 20.3 Å². The summed E-state index contributed by atoms with van der Waals surface area (Å²) in [6.45, 7) is 4.93. The average molecular weight is 272 g/mol. The van der Waals surface area contributed by atoms with E-state index in [9.17, 15) is 4.79 Å². The van der Waals surface area contributed by atoms with Crippen LogP contribution in [0.4, 0.5) is 0 Å². The Hall–Kier alpha value is -2.28. The summed E-state index contributed by atoms with van der Waals surface area (Å²) in [5, 5.41) is 8.54. The Morgan fingerprint density at radius 3 is 2.85 bits per heavy atom. The van der Waals surface area contributed by atoms with Gasteiger partial charge in [0.15, 0.2) is 0 Å². The van der Waals surface area contributed by atoms with Crippen molar-refractivity contribution in [2.75, 3.05) is 20.2 Å². The molecule has 0 spiro atoms. The summed E-state index contributed by atoms with van der Waals surface area (Å²) in [6, 6.07) is 9.12. The van der Waals surface area contributed by atoms with Crippen LogP contribution < -0.4 is 4.74 Å². The second-order valence-corrected chi connectivity index (χ2v) is 4.76. The molecular formula is C16H20N2O2. The third-order valence-corrected chi connectivity index (χ3v) is 2.73. The Balaban J connectivity index is 2.70. The lowest BCUT2D eigenvalue weighted by Gasteiger charge is -2.15. The first kappa shape index (κ1) is 15.8. The van der Waals surface area contributed by atoms with Crippen molar-refractivity contribution in [3.05, 3.63) is 41.5 Å². The number of amides is 1. The van der Waals surface area contributed by atoms with Crippen molar-refractivity contribution in [2.24, 2.45) is 0 Å². The van der Waals surface area contributed by atoms with E-state index in [1.807, 2.05) is 32.1 Å². The normalized spacial score (nSPS) is 9.50. The van der Waals surface area contributed by atoms with Crippen LogP contribution in [-0.4, -0.2) is 31.0 Å². The first-order valence-corrected chi connectivity index (χ1v) is 6.53. The first-order valence-electron chi connectivity index (χ1n) is 6.53. The molecule has 0 aromatic heterocycles. The molecule has 0 N–H and O–H groups in total. The Morgan fingerprint density at radius 2 is 2.20 bits per heavy atom.